The maximum Gasteiger partial charge on any atom is 0.188 e. The summed E-state index contributed by atoms with van der Waals surface area (Å²) in [6.45, 7) is 0. The van der Waals surface area contributed by atoms with E-state index in [0.717, 1.165) is 21.8 Å². The van der Waals surface area contributed by atoms with Crippen LogP contribution in [0.3, 0.4) is 0 Å². The normalized spacial score (nSPS) is 10.9. The third kappa shape index (κ3) is 1.94. The van der Waals surface area contributed by atoms with Crippen molar-refractivity contribution >= 4 is 34.0 Å². The molecule has 0 aliphatic heterocycles. The molecule has 3 rings (SSSR count). The zero-order valence-corrected chi connectivity index (χ0v) is 10.9. The lowest BCUT2D eigenvalue weighted by atomic mass is 10.1. The van der Waals surface area contributed by atoms with Gasteiger partial charge in [-0.3, -0.25) is 0 Å². The van der Waals surface area contributed by atoms with Gasteiger partial charge in [0, 0.05) is 5.39 Å². The van der Waals surface area contributed by atoms with E-state index in [1.807, 2.05) is 24.5 Å². The first-order chi connectivity index (χ1) is 8.38. The second-order valence-corrected chi connectivity index (χ2v) is 5.27. The average Bonchev–Trinajstić information content (AvgIpc) is 2.91. The number of hydrogen-bond donors (Lipinski definition) is 0. The van der Waals surface area contributed by atoms with Gasteiger partial charge >= 0.3 is 0 Å². The monoisotopic (exact) mass is 258 g/mol. The van der Waals surface area contributed by atoms with Gasteiger partial charge in [-0.15, -0.1) is 11.3 Å². The first-order valence-corrected chi connectivity index (χ1v) is 7.33. The SMILES string of the molecule is CSc1nc(-c2cccs2)c2ccccc2n1. The summed E-state index contributed by atoms with van der Waals surface area (Å²) in [5.41, 5.74) is 2.05. The van der Waals surface area contributed by atoms with Crippen LogP contribution in [-0.2, 0) is 0 Å². The highest BCUT2D eigenvalue weighted by atomic mass is 32.2. The molecular weight excluding hydrogens is 248 g/mol. The van der Waals surface area contributed by atoms with Crippen molar-refractivity contribution in [3.05, 3.63) is 41.8 Å². The summed E-state index contributed by atoms with van der Waals surface area (Å²) in [5, 5.41) is 4.02. The quantitative estimate of drug-likeness (QED) is 0.511. The molecule has 0 radical (unpaired) electrons. The maximum absolute atomic E-state index is 4.62. The van der Waals surface area contributed by atoms with E-state index in [1.165, 1.54) is 4.88 Å². The molecule has 0 fully saturated rings. The Morgan fingerprint density at radius 3 is 2.71 bits per heavy atom. The highest BCUT2D eigenvalue weighted by Crippen LogP contribution is 2.30. The Labute approximate surface area is 108 Å². The highest BCUT2D eigenvalue weighted by molar-refractivity contribution is 7.98. The van der Waals surface area contributed by atoms with E-state index in [4.69, 9.17) is 0 Å². The molecule has 2 aromatic heterocycles. The van der Waals surface area contributed by atoms with Crippen LogP contribution in [0.25, 0.3) is 21.5 Å². The molecule has 2 heterocycles. The van der Waals surface area contributed by atoms with Crippen LogP contribution in [-0.4, -0.2) is 16.2 Å². The summed E-state index contributed by atoms with van der Waals surface area (Å²) in [6.07, 6.45) is 2.00. The second-order valence-electron chi connectivity index (χ2n) is 3.55. The lowest BCUT2D eigenvalue weighted by Crippen LogP contribution is -1.91. The van der Waals surface area contributed by atoms with Gasteiger partial charge in [-0.25, -0.2) is 9.97 Å². The molecule has 0 N–H and O–H groups in total. The van der Waals surface area contributed by atoms with Gasteiger partial charge in [0.25, 0.3) is 0 Å². The molecule has 0 unspecified atom stereocenters. The van der Waals surface area contributed by atoms with E-state index in [0.29, 0.717) is 0 Å². The molecule has 0 spiro atoms. The number of nitrogens with zero attached hydrogens (tertiary/aromatic N) is 2. The molecule has 84 valence electrons. The summed E-state index contributed by atoms with van der Waals surface area (Å²) in [7, 11) is 0. The third-order valence-electron chi connectivity index (χ3n) is 2.52. The number of fused-ring (bicyclic) bond motifs is 1. The zero-order chi connectivity index (χ0) is 11.7. The molecule has 0 aliphatic rings. The summed E-state index contributed by atoms with van der Waals surface area (Å²) < 4.78 is 0. The fraction of sp³-hybridized carbons (Fsp3) is 0.0769. The van der Waals surface area contributed by atoms with E-state index >= 15 is 0 Å². The van der Waals surface area contributed by atoms with E-state index in [2.05, 4.69) is 33.5 Å². The summed E-state index contributed by atoms with van der Waals surface area (Å²) in [4.78, 5) is 10.3. The van der Waals surface area contributed by atoms with Crippen LogP contribution >= 0.6 is 23.1 Å². The topological polar surface area (TPSA) is 25.8 Å². The van der Waals surface area contributed by atoms with Gasteiger partial charge in [-0.1, -0.05) is 36.0 Å². The Morgan fingerprint density at radius 1 is 1.06 bits per heavy atom. The van der Waals surface area contributed by atoms with Crippen molar-refractivity contribution in [3.63, 3.8) is 0 Å². The molecule has 1 aromatic carbocycles. The molecule has 0 aliphatic carbocycles. The van der Waals surface area contributed by atoms with Crippen molar-refractivity contribution in [2.75, 3.05) is 6.26 Å². The minimum Gasteiger partial charge on any atom is -0.222 e. The number of aromatic nitrogens is 2. The standard InChI is InChI=1S/C13H10N2S2/c1-16-13-14-10-6-3-2-5-9(10)12(15-13)11-7-4-8-17-11/h2-8H,1H3. The van der Waals surface area contributed by atoms with Crippen molar-refractivity contribution in [3.8, 4) is 10.6 Å². The average molecular weight is 258 g/mol. The van der Waals surface area contributed by atoms with E-state index in [1.54, 1.807) is 23.1 Å². The Kier molecular flexibility index (Phi) is 2.82. The predicted molar refractivity (Wildman–Crippen MR) is 74.6 cm³/mol. The molecule has 4 heteroatoms. The van der Waals surface area contributed by atoms with Crippen LogP contribution in [0.1, 0.15) is 0 Å². The fourth-order valence-corrected chi connectivity index (χ4v) is 2.85. The minimum absolute atomic E-state index is 0.826. The lowest BCUT2D eigenvalue weighted by molar-refractivity contribution is 1.01. The molecular formula is C13H10N2S2. The number of hydrogen-bond acceptors (Lipinski definition) is 4. The third-order valence-corrected chi connectivity index (χ3v) is 3.94. The van der Waals surface area contributed by atoms with Gasteiger partial charge < -0.3 is 0 Å². The number of benzene rings is 1. The number of thioether (sulfide) groups is 1. The lowest BCUT2D eigenvalue weighted by Gasteiger charge is -2.05. The van der Waals surface area contributed by atoms with Crippen LogP contribution in [0.4, 0.5) is 0 Å². The van der Waals surface area contributed by atoms with Crippen LogP contribution in [0, 0.1) is 0 Å². The van der Waals surface area contributed by atoms with Gasteiger partial charge in [-0.2, -0.15) is 0 Å². The zero-order valence-electron chi connectivity index (χ0n) is 9.25. The Morgan fingerprint density at radius 2 is 1.94 bits per heavy atom. The van der Waals surface area contributed by atoms with E-state index in [-0.39, 0.29) is 0 Å². The smallest absolute Gasteiger partial charge is 0.188 e. The highest BCUT2D eigenvalue weighted by Gasteiger charge is 2.09. The van der Waals surface area contributed by atoms with Gasteiger partial charge in [0.2, 0.25) is 0 Å². The first-order valence-electron chi connectivity index (χ1n) is 5.23. The summed E-state index contributed by atoms with van der Waals surface area (Å²) >= 11 is 3.29. The molecule has 17 heavy (non-hydrogen) atoms. The van der Waals surface area contributed by atoms with Crippen LogP contribution in [0.5, 0.6) is 0 Å². The van der Waals surface area contributed by atoms with Crippen molar-refractivity contribution in [2.24, 2.45) is 0 Å². The molecule has 0 saturated heterocycles. The number of thiophene rings is 1. The van der Waals surface area contributed by atoms with Crippen molar-refractivity contribution in [1.29, 1.82) is 0 Å². The first kappa shape index (κ1) is 10.7. The Balaban J connectivity index is 2.35. The van der Waals surface area contributed by atoms with E-state index in [9.17, 15) is 0 Å². The molecule has 0 atom stereocenters. The fourth-order valence-electron chi connectivity index (χ4n) is 1.75. The largest absolute Gasteiger partial charge is 0.222 e. The van der Waals surface area contributed by atoms with Crippen LogP contribution in [0.15, 0.2) is 46.9 Å². The van der Waals surface area contributed by atoms with Gasteiger partial charge in [0.05, 0.1) is 16.1 Å². The molecule has 0 saturated carbocycles. The molecule has 0 amide bonds. The predicted octanol–water partition coefficient (Wildman–Crippen LogP) is 4.08. The number of rotatable bonds is 2. The summed E-state index contributed by atoms with van der Waals surface area (Å²) in [6, 6.07) is 12.3. The van der Waals surface area contributed by atoms with Crippen molar-refractivity contribution < 1.29 is 0 Å². The van der Waals surface area contributed by atoms with Crippen molar-refractivity contribution in [2.45, 2.75) is 5.16 Å². The Hall–Kier alpha value is -1.39. The summed E-state index contributed by atoms with van der Waals surface area (Å²) in [5.74, 6) is 0. The Bertz CT molecular complexity index is 648. The van der Waals surface area contributed by atoms with E-state index < -0.39 is 0 Å². The number of para-hydroxylation sites is 1. The van der Waals surface area contributed by atoms with Crippen LogP contribution in [0.2, 0.25) is 0 Å². The maximum atomic E-state index is 4.62. The van der Waals surface area contributed by atoms with Gasteiger partial charge in [0.1, 0.15) is 0 Å². The van der Waals surface area contributed by atoms with Gasteiger partial charge in [-0.05, 0) is 23.8 Å². The molecule has 0 bridgehead atoms. The van der Waals surface area contributed by atoms with Gasteiger partial charge in [0.15, 0.2) is 5.16 Å². The van der Waals surface area contributed by atoms with Crippen LogP contribution < -0.4 is 0 Å². The molecule has 3 aromatic rings. The second kappa shape index (κ2) is 4.47. The van der Waals surface area contributed by atoms with Crippen molar-refractivity contribution in [1.82, 2.24) is 9.97 Å². The molecule has 2 nitrogen and oxygen atoms in total. The minimum atomic E-state index is 0.826.